The van der Waals surface area contributed by atoms with Gasteiger partial charge < -0.3 is 54.4 Å². The Kier molecular flexibility index (Phi) is 22.2. The molecule has 5 aliphatic heterocycles. The Balaban J connectivity index is 0.000000112. The van der Waals surface area contributed by atoms with E-state index in [-0.39, 0.29) is 25.1 Å². The summed E-state index contributed by atoms with van der Waals surface area (Å²) in [6.07, 6.45) is 10.9. The molecule has 28 nitrogen and oxygen atoms in total. The Bertz CT molecular complexity index is 6250. The minimum atomic E-state index is -0.393. The summed E-state index contributed by atoms with van der Waals surface area (Å²) in [5.74, 6) is 6.20. The zero-order valence-electron chi connectivity index (χ0n) is 64.9. The van der Waals surface area contributed by atoms with Crippen LogP contribution in [-0.4, -0.2) is 133 Å². The molecule has 1 saturated heterocycles. The van der Waals surface area contributed by atoms with Crippen molar-refractivity contribution in [3.63, 3.8) is 0 Å². The predicted octanol–water partition coefficient (Wildman–Crippen LogP) is 14.3. The molecule has 5 aliphatic rings. The van der Waals surface area contributed by atoms with Crippen LogP contribution in [0.4, 0.5) is 27.1 Å². The molecular weight excluding hydrogens is 1480 g/mol. The first-order valence-electron chi connectivity index (χ1n) is 38.4. The lowest BCUT2D eigenvalue weighted by Gasteiger charge is -2.22. The van der Waals surface area contributed by atoms with E-state index < -0.39 is 5.82 Å². The number of hydrogen-bond donors (Lipinski definition) is 4. The first kappa shape index (κ1) is 75.2. The fraction of sp³-hybridized carbons (Fsp3) is 0.216. The maximum atomic E-state index is 13.6. The number of ether oxygens (including phenoxy) is 7. The van der Waals surface area contributed by atoms with Gasteiger partial charge >= 0.3 is 0 Å². The first-order chi connectivity index (χ1) is 57.4. The van der Waals surface area contributed by atoms with Crippen LogP contribution < -0.4 is 49.7 Å². The van der Waals surface area contributed by atoms with Gasteiger partial charge in [-0.25, -0.2) is 4.39 Å². The van der Waals surface area contributed by atoms with Gasteiger partial charge in [0.05, 0.1) is 88.7 Å². The molecule has 0 unspecified atom stereocenters. The highest BCUT2D eigenvalue weighted by molar-refractivity contribution is 6.12. The van der Waals surface area contributed by atoms with E-state index in [0.29, 0.717) is 69.5 Å². The number of nitrogens with zero attached hydrogens (tertiary/aromatic N) is 17. The third kappa shape index (κ3) is 17.2. The summed E-state index contributed by atoms with van der Waals surface area (Å²) in [5.41, 5.74) is 17.8. The highest BCUT2D eigenvalue weighted by Crippen LogP contribution is 2.35. The van der Waals surface area contributed by atoms with Gasteiger partial charge in [0, 0.05) is 117 Å². The Morgan fingerprint density at radius 3 is 1.18 bits per heavy atom. The summed E-state index contributed by atoms with van der Waals surface area (Å²) in [7, 11) is 7.61. The van der Waals surface area contributed by atoms with Gasteiger partial charge in [0.2, 0.25) is 23.5 Å². The predicted molar refractivity (Wildman–Crippen MR) is 448 cm³/mol. The number of amidine groups is 4. The lowest BCUT2D eigenvalue weighted by Crippen LogP contribution is -2.26. The average Bonchev–Trinajstić information content (AvgIpc) is 1.66. The second-order valence-electron chi connectivity index (χ2n) is 28.0. The highest BCUT2D eigenvalue weighted by atomic mass is 19.1. The van der Waals surface area contributed by atoms with Crippen molar-refractivity contribution < 1.29 is 37.5 Å². The lowest BCUT2D eigenvalue weighted by atomic mass is 10.1. The molecule has 6 aromatic carbocycles. The van der Waals surface area contributed by atoms with Gasteiger partial charge in [-0.05, 0) is 140 Å². The van der Waals surface area contributed by atoms with Gasteiger partial charge in [0.25, 0.3) is 0 Å². The van der Waals surface area contributed by atoms with E-state index in [4.69, 9.17) is 33.2 Å². The molecule has 0 atom stereocenters. The maximum Gasteiger partial charge on any atom is 0.241 e. The summed E-state index contributed by atoms with van der Waals surface area (Å²) >= 11 is 0. The summed E-state index contributed by atoms with van der Waals surface area (Å²) in [6.45, 7) is 7.88. The minimum absolute atomic E-state index is 0.171. The summed E-state index contributed by atoms with van der Waals surface area (Å²) < 4.78 is 61.2. The van der Waals surface area contributed by atoms with Crippen LogP contribution in [-0.2, 0) is 65.7 Å². The Labute approximate surface area is 671 Å². The molecule has 0 aliphatic carbocycles. The quantitative estimate of drug-likeness (QED) is 0.0547. The second-order valence-corrected chi connectivity index (χ2v) is 28.0. The average molecular weight is 1560 g/mol. The SMILES string of the molecule is Cc1ccc(OCCOc2nn(C)c3cc(NC4=NCc5cccnc54)ccc23)cc1.Cn1nc(OC2CCOCC2)c2ccc(NC3=NCc4cccnc43)cc21.Cn1nc(OCCOc2ccccc2F)c2ccc(NC3=NCc4cccnc43)cc21.Cn1nc(OCc2ccccn2)c2ccc(NC3=NCc4cccnc43)cc21. The van der Waals surface area contributed by atoms with Crippen LogP contribution in [0.15, 0.2) is 239 Å². The number of halogens is 1. The molecule has 1 fully saturated rings. The number of nitrogens with one attached hydrogen (secondary N) is 4. The molecule has 15 aromatic rings. The number of anilines is 4. The number of aromatic nitrogens is 13. The molecular formula is C88H82FN21O7. The Morgan fingerprint density at radius 2 is 0.761 bits per heavy atom. The number of rotatable bonds is 19. The third-order valence-electron chi connectivity index (χ3n) is 20.0. The van der Waals surface area contributed by atoms with Crippen LogP contribution in [0.3, 0.4) is 0 Å². The first-order valence-corrected chi connectivity index (χ1v) is 38.4. The van der Waals surface area contributed by atoms with E-state index in [9.17, 15) is 4.39 Å². The van der Waals surface area contributed by atoms with Crippen LogP contribution in [0.1, 0.15) is 69.1 Å². The molecule has 0 bridgehead atoms. The smallest absolute Gasteiger partial charge is 0.241 e. The molecule has 29 heteroatoms. The standard InChI is InChI=1S/C24H23N5O2.C23H20FN5O2.C21H18N6O.C20H21N5O2/c1-16-5-8-19(9-6-16)30-12-13-31-24-20-10-7-18(14-21(20)29(2)28-24)27-23-22-17(15-26-23)4-3-11-25-22;1-29-19-13-16(27-22-21-15(14-26-22)5-4-10-25-21)8-9-17(19)23(28-29)31-12-11-30-20-7-3-2-6-18(20)24;1-27-18-11-15(25-20-19-14(12-24-20)5-4-10-23-19)7-8-17(18)21(26-27)28-13-16-6-2-3-9-22-16;1-25-17-11-14(23-19-18-13(12-22-19)3-2-8-21-18)4-5-16(17)20(24-25)27-15-6-9-26-10-7-15/h3-11,14H,12-13,15H2,1-2H3,(H,26,27);2-10,13H,11-12,14H2,1H3,(H,26,27);2-11H,12-13H2,1H3,(H,24,25);2-5,8,11,15H,6-7,9-10,12H2,1H3,(H,22,23). The van der Waals surface area contributed by atoms with Crippen LogP contribution in [0.2, 0.25) is 0 Å². The molecule has 588 valence electrons. The normalized spacial score (nSPS) is 13.6. The van der Waals surface area contributed by atoms with Crippen LogP contribution in [0.25, 0.3) is 43.6 Å². The van der Waals surface area contributed by atoms with E-state index in [2.05, 4.69) is 118 Å². The molecule has 0 radical (unpaired) electrons. The molecule has 20 rings (SSSR count). The number of benzene rings is 6. The van der Waals surface area contributed by atoms with E-state index in [0.717, 1.165) is 172 Å². The van der Waals surface area contributed by atoms with Crippen molar-refractivity contribution in [2.45, 2.75) is 58.7 Å². The van der Waals surface area contributed by atoms with E-state index in [1.807, 2.05) is 182 Å². The van der Waals surface area contributed by atoms with Crippen LogP contribution >= 0.6 is 0 Å². The van der Waals surface area contributed by atoms with Crippen molar-refractivity contribution in [1.82, 2.24) is 64.0 Å². The maximum absolute atomic E-state index is 13.6. The fourth-order valence-electron chi connectivity index (χ4n) is 14.0. The van der Waals surface area contributed by atoms with Gasteiger partial charge in [0.15, 0.2) is 34.9 Å². The van der Waals surface area contributed by atoms with E-state index in [1.165, 1.54) is 11.6 Å². The van der Waals surface area contributed by atoms with E-state index >= 15 is 0 Å². The number of aliphatic imine (C=N–C) groups is 4. The van der Waals surface area contributed by atoms with Crippen molar-refractivity contribution in [2.24, 2.45) is 48.2 Å². The van der Waals surface area contributed by atoms with Gasteiger partial charge in [-0.15, -0.1) is 20.4 Å². The molecule has 4 N–H and O–H groups in total. The molecule has 0 spiro atoms. The topological polar surface area (TPSA) is 298 Å². The van der Waals surface area contributed by atoms with Crippen molar-refractivity contribution in [1.29, 1.82) is 0 Å². The summed E-state index contributed by atoms with van der Waals surface area (Å²) in [5, 5.41) is 35.4. The summed E-state index contributed by atoms with van der Waals surface area (Å²) in [4.78, 5) is 40.3. The van der Waals surface area contributed by atoms with Crippen molar-refractivity contribution in [2.75, 3.05) is 60.9 Å². The van der Waals surface area contributed by atoms with Crippen molar-refractivity contribution in [3.8, 4) is 35.0 Å². The number of fused-ring (bicyclic) bond motifs is 8. The fourth-order valence-corrected chi connectivity index (χ4v) is 14.0. The zero-order valence-corrected chi connectivity index (χ0v) is 64.9. The molecule has 117 heavy (non-hydrogen) atoms. The second kappa shape index (κ2) is 34.5. The minimum Gasteiger partial charge on any atom is -0.490 e. The van der Waals surface area contributed by atoms with Gasteiger partial charge in [-0.1, -0.05) is 60.2 Å². The number of para-hydroxylation sites is 1. The Hall–Kier alpha value is -14.5. The molecule has 9 aromatic heterocycles. The third-order valence-corrected chi connectivity index (χ3v) is 20.0. The largest absolute Gasteiger partial charge is 0.490 e. The molecule has 0 amide bonds. The lowest BCUT2D eigenvalue weighted by molar-refractivity contribution is 0.0241. The van der Waals surface area contributed by atoms with Crippen LogP contribution in [0, 0.1) is 12.7 Å². The number of pyridine rings is 5. The highest BCUT2D eigenvalue weighted by Gasteiger charge is 2.25. The number of hydrogen-bond acceptors (Lipinski definition) is 24. The Morgan fingerprint density at radius 1 is 0.385 bits per heavy atom. The zero-order chi connectivity index (χ0) is 79.6. The monoisotopic (exact) mass is 1560 g/mol. The van der Waals surface area contributed by atoms with Crippen molar-refractivity contribution >= 4 is 89.7 Å². The van der Waals surface area contributed by atoms with Gasteiger partial charge in [0.1, 0.15) is 67.7 Å². The van der Waals surface area contributed by atoms with E-state index in [1.54, 1.807) is 53.9 Å². The summed E-state index contributed by atoms with van der Waals surface area (Å²) in [6, 6.07) is 60.1. The van der Waals surface area contributed by atoms with Gasteiger partial charge in [-0.3, -0.25) is 63.6 Å². The van der Waals surface area contributed by atoms with Crippen LogP contribution in [0.5, 0.6) is 35.0 Å². The number of aryl methyl sites for hydroxylation is 5. The van der Waals surface area contributed by atoms with Gasteiger partial charge in [-0.2, -0.15) is 0 Å². The molecule has 0 saturated carbocycles. The molecule has 14 heterocycles. The van der Waals surface area contributed by atoms with Crippen molar-refractivity contribution in [3.05, 3.63) is 281 Å².